The fourth-order valence-corrected chi connectivity index (χ4v) is 0. The first-order valence-electron chi connectivity index (χ1n) is 0.383. The molecule has 0 aliphatic rings. The van der Waals surface area contributed by atoms with Gasteiger partial charge in [0.1, 0.15) is 0 Å². The van der Waals surface area contributed by atoms with Crippen LogP contribution in [-0.2, 0) is 17.1 Å². The summed E-state index contributed by atoms with van der Waals surface area (Å²) in [5.41, 5.74) is 0. The zero-order valence-corrected chi connectivity index (χ0v) is 4.67. The van der Waals surface area contributed by atoms with Crippen molar-refractivity contribution < 1.29 is 22.3 Å². The Morgan fingerprint density at radius 3 is 1.60 bits per heavy atom. The fraction of sp³-hybridized carbons (Fsp3) is 0. The quantitative estimate of drug-likeness (QED) is 0.348. The molecule has 0 amide bonds. The maximum absolute atomic E-state index is 8.11. The average molecular weight is 191 g/mol. The fourth-order valence-electron chi connectivity index (χ4n) is 0. The van der Waals surface area contributed by atoms with Crippen LogP contribution in [0.15, 0.2) is 5.34 Å². The summed E-state index contributed by atoms with van der Waals surface area (Å²) in [6.45, 7) is 0. The average Bonchev–Trinajstić information content (AvgIpc) is 0.918. The molecular formula is H2BrCuNO2. The van der Waals surface area contributed by atoms with Gasteiger partial charge in [0.2, 0.25) is 0 Å². The van der Waals surface area contributed by atoms with Crippen LogP contribution in [0.4, 0.5) is 0 Å². The maximum Gasteiger partial charge on any atom is 0.152 e. The third-order valence-electron chi connectivity index (χ3n) is 0. The van der Waals surface area contributed by atoms with E-state index in [1.165, 1.54) is 5.34 Å². The maximum atomic E-state index is 8.11. The molecule has 37 valence electrons. The molecular weight excluding hydrogens is 189 g/mol. The van der Waals surface area contributed by atoms with Crippen LogP contribution in [0, 0.1) is 4.91 Å². The minimum atomic E-state index is 0. The molecule has 0 unspecified atom stereocenters. The molecule has 5 heavy (non-hydrogen) atoms. The zero-order valence-electron chi connectivity index (χ0n) is 2.01. The minimum absolute atomic E-state index is 0. The largest absolute Gasteiger partial charge is 0.379 e. The molecule has 0 saturated carbocycles. The summed E-state index contributed by atoms with van der Waals surface area (Å²) in [5, 5.41) is 7.89. The Kier molecular flexibility index (Phi) is 94.2. The van der Waals surface area contributed by atoms with Crippen LogP contribution in [0.2, 0.25) is 0 Å². The van der Waals surface area contributed by atoms with Gasteiger partial charge in [0, 0.05) is 17.1 Å². The van der Waals surface area contributed by atoms with E-state index in [1.807, 2.05) is 0 Å². The van der Waals surface area contributed by atoms with Crippen LogP contribution < -0.4 is 0 Å². The van der Waals surface area contributed by atoms with Crippen molar-refractivity contribution in [2.24, 2.45) is 5.34 Å². The van der Waals surface area contributed by atoms with Crippen molar-refractivity contribution in [2.45, 2.75) is 0 Å². The summed E-state index contributed by atoms with van der Waals surface area (Å²) < 4.78 is 0. The molecule has 0 aromatic heterocycles. The molecule has 0 saturated heterocycles. The van der Waals surface area contributed by atoms with Gasteiger partial charge in [-0.05, 0) is 0 Å². The molecule has 0 atom stereocenters. The Bertz CT molecular complexity index is 17.1. The summed E-state index contributed by atoms with van der Waals surface area (Å²) in [4.78, 5) is 8.11. The van der Waals surface area contributed by atoms with E-state index in [0.717, 1.165) is 0 Å². The molecule has 0 aliphatic heterocycles. The van der Waals surface area contributed by atoms with Crippen LogP contribution in [0.5, 0.6) is 0 Å². The first-order chi connectivity index (χ1) is 1.41. The number of rotatable bonds is 0. The summed E-state index contributed by atoms with van der Waals surface area (Å²) in [6.07, 6.45) is 0. The molecule has 0 fully saturated rings. The number of hydrogen-bond donors (Lipinski definition) is 1. The van der Waals surface area contributed by atoms with E-state index in [0.29, 0.717) is 0 Å². The van der Waals surface area contributed by atoms with Crippen molar-refractivity contribution in [3.05, 3.63) is 4.91 Å². The Morgan fingerprint density at radius 2 is 1.60 bits per heavy atom. The van der Waals surface area contributed by atoms with Gasteiger partial charge in [0.25, 0.3) is 0 Å². The first kappa shape index (κ1) is 18.2. The second-order valence-corrected chi connectivity index (χ2v) is 0.0816. The van der Waals surface area contributed by atoms with Gasteiger partial charge < -0.3 is 5.21 Å². The van der Waals surface area contributed by atoms with Crippen molar-refractivity contribution in [2.75, 3.05) is 0 Å². The Balaban J connectivity index is -0.0000000200. The summed E-state index contributed by atoms with van der Waals surface area (Å²) in [7, 11) is 0. The van der Waals surface area contributed by atoms with Gasteiger partial charge in [-0.25, -0.2) is 0 Å². The normalized spacial score (nSPS) is 2.40. The van der Waals surface area contributed by atoms with Crippen LogP contribution in [0.1, 0.15) is 0 Å². The van der Waals surface area contributed by atoms with Gasteiger partial charge in [0.15, 0.2) is 5.34 Å². The smallest absolute Gasteiger partial charge is 0.152 e. The molecule has 0 aromatic carbocycles. The Labute approximate surface area is 49.9 Å². The molecule has 1 radical (unpaired) electrons. The van der Waals surface area contributed by atoms with E-state index in [4.69, 9.17) is 10.1 Å². The van der Waals surface area contributed by atoms with Crippen LogP contribution >= 0.6 is 17.0 Å². The van der Waals surface area contributed by atoms with Crippen molar-refractivity contribution in [1.82, 2.24) is 0 Å². The SMILES string of the molecule is Br.O=NO.[Cu]. The molecule has 5 heteroatoms. The van der Waals surface area contributed by atoms with E-state index in [9.17, 15) is 0 Å². The molecule has 0 spiro atoms. The Morgan fingerprint density at radius 1 is 1.60 bits per heavy atom. The van der Waals surface area contributed by atoms with Crippen molar-refractivity contribution >= 4 is 17.0 Å². The molecule has 0 rings (SSSR count). The second kappa shape index (κ2) is 26.0. The van der Waals surface area contributed by atoms with Crippen LogP contribution in [0.25, 0.3) is 0 Å². The third kappa shape index (κ3) is 159. The summed E-state index contributed by atoms with van der Waals surface area (Å²) in [5.74, 6) is 0. The van der Waals surface area contributed by atoms with E-state index >= 15 is 0 Å². The second-order valence-electron chi connectivity index (χ2n) is 0.0816. The summed E-state index contributed by atoms with van der Waals surface area (Å²) in [6, 6.07) is 0. The number of halogens is 1. The van der Waals surface area contributed by atoms with Gasteiger partial charge in [-0.2, -0.15) is 0 Å². The number of nitrogens with zero attached hydrogens (tertiary/aromatic N) is 1. The molecule has 3 nitrogen and oxygen atoms in total. The van der Waals surface area contributed by atoms with Gasteiger partial charge in [-0.3, -0.25) is 0 Å². The van der Waals surface area contributed by atoms with Gasteiger partial charge in [0.05, 0.1) is 0 Å². The monoisotopic (exact) mass is 190 g/mol. The number of hydrogen-bond acceptors (Lipinski definition) is 2. The van der Waals surface area contributed by atoms with E-state index in [-0.39, 0.29) is 34.1 Å². The minimum Gasteiger partial charge on any atom is -0.379 e. The molecule has 1 N–H and O–H groups in total. The van der Waals surface area contributed by atoms with Gasteiger partial charge in [-0.1, -0.05) is 0 Å². The van der Waals surface area contributed by atoms with Crippen LogP contribution in [0.3, 0.4) is 0 Å². The molecule has 0 aliphatic carbocycles. The van der Waals surface area contributed by atoms with Gasteiger partial charge >= 0.3 is 0 Å². The topological polar surface area (TPSA) is 49.7 Å². The predicted molar refractivity (Wildman–Crippen MR) is 17.9 cm³/mol. The predicted octanol–water partition coefficient (Wildman–Crippen LogP) is 0.717. The van der Waals surface area contributed by atoms with E-state index in [1.54, 1.807) is 0 Å². The third-order valence-corrected chi connectivity index (χ3v) is 0. The standard InChI is InChI=1S/BrH.Cu.HNO2/c;;2-1-3/h1H;;(H,2,3). The van der Waals surface area contributed by atoms with E-state index < -0.39 is 0 Å². The van der Waals surface area contributed by atoms with Crippen molar-refractivity contribution in [3.8, 4) is 0 Å². The molecule has 0 bridgehead atoms. The van der Waals surface area contributed by atoms with E-state index in [2.05, 4.69) is 0 Å². The van der Waals surface area contributed by atoms with Crippen molar-refractivity contribution in [1.29, 1.82) is 0 Å². The first-order valence-corrected chi connectivity index (χ1v) is 0.383. The zero-order chi connectivity index (χ0) is 2.71. The Hall–Kier alpha value is 0.399. The van der Waals surface area contributed by atoms with Gasteiger partial charge in [-0.15, -0.1) is 21.9 Å². The van der Waals surface area contributed by atoms with Crippen LogP contribution in [-0.4, -0.2) is 5.21 Å². The summed E-state index contributed by atoms with van der Waals surface area (Å²) >= 11 is 0. The molecule has 0 heterocycles. The van der Waals surface area contributed by atoms with Crippen molar-refractivity contribution in [3.63, 3.8) is 0 Å². The molecule has 0 aromatic rings.